The lowest BCUT2D eigenvalue weighted by Crippen LogP contribution is -2.36. The van der Waals surface area contributed by atoms with Crippen LogP contribution in [0.2, 0.25) is 0 Å². The Kier molecular flexibility index (Phi) is 12.0. The molecular formula is C24H42O7. The smallest absolute Gasteiger partial charge is 0.186 e. The molecule has 0 spiro atoms. The zero-order valence-electron chi connectivity index (χ0n) is 20.7. The molecule has 0 fully saturated rings. The fourth-order valence-corrected chi connectivity index (χ4v) is 2.32. The van der Waals surface area contributed by atoms with E-state index in [9.17, 15) is 9.59 Å². The molecule has 31 heavy (non-hydrogen) atoms. The molecule has 7 nitrogen and oxygen atoms in total. The van der Waals surface area contributed by atoms with Crippen molar-refractivity contribution in [1.82, 2.24) is 0 Å². The Labute approximate surface area is 188 Å². The first-order valence-corrected chi connectivity index (χ1v) is 10.6. The van der Waals surface area contributed by atoms with E-state index in [4.69, 9.17) is 23.7 Å². The number of ketones is 2. The average molecular weight is 443 g/mol. The number of carbonyl (C=O) groups is 2. The van der Waals surface area contributed by atoms with Crippen LogP contribution in [-0.2, 0) is 33.3 Å². The fraction of sp³-hybridized carbons (Fsp3) is 0.750. The maximum absolute atomic E-state index is 11.7. The number of hydrogen-bond donors (Lipinski definition) is 0. The first kappa shape index (κ1) is 29.6. The molecule has 0 rings (SSSR count). The second-order valence-electron chi connectivity index (χ2n) is 9.60. The molecule has 0 saturated carbocycles. The minimum Gasteiger partial charge on any atom is -0.367 e. The third-order valence-corrected chi connectivity index (χ3v) is 4.96. The molecule has 0 aliphatic rings. The van der Waals surface area contributed by atoms with Gasteiger partial charge in [0, 0.05) is 0 Å². The minimum atomic E-state index is -0.897. The molecule has 0 radical (unpaired) electrons. The van der Waals surface area contributed by atoms with E-state index in [1.807, 2.05) is 27.7 Å². The average Bonchev–Trinajstić information content (AvgIpc) is 2.65. The number of rotatable bonds is 18. The van der Waals surface area contributed by atoms with Gasteiger partial charge in [-0.2, -0.15) is 0 Å². The van der Waals surface area contributed by atoms with Crippen molar-refractivity contribution in [1.29, 1.82) is 0 Å². The van der Waals surface area contributed by atoms with Crippen LogP contribution in [0.1, 0.15) is 68.2 Å². The fourth-order valence-electron chi connectivity index (χ4n) is 2.32. The lowest BCUT2D eigenvalue weighted by atomic mass is 10.0. The van der Waals surface area contributed by atoms with Crippen molar-refractivity contribution in [2.45, 2.75) is 90.6 Å². The van der Waals surface area contributed by atoms with E-state index in [1.165, 1.54) is 12.2 Å². The summed E-state index contributed by atoms with van der Waals surface area (Å²) in [4.78, 5) is 23.5. The topological polar surface area (TPSA) is 80.3 Å². The van der Waals surface area contributed by atoms with Crippen LogP contribution in [-0.4, -0.2) is 60.8 Å². The van der Waals surface area contributed by atoms with Gasteiger partial charge in [-0.15, -0.1) is 0 Å². The van der Waals surface area contributed by atoms with Gasteiger partial charge in [-0.05, 0) is 80.4 Å². The Morgan fingerprint density at radius 2 is 0.968 bits per heavy atom. The Morgan fingerprint density at radius 1 is 0.645 bits per heavy atom. The van der Waals surface area contributed by atoms with Gasteiger partial charge in [-0.3, -0.25) is 9.59 Å². The molecule has 0 aromatic carbocycles. The predicted octanol–water partition coefficient (Wildman–Crippen LogP) is 4.39. The first-order chi connectivity index (χ1) is 14.1. The number of ether oxygens (including phenoxy) is 5. The second kappa shape index (κ2) is 12.6. The van der Waals surface area contributed by atoms with Crippen LogP contribution in [0.5, 0.6) is 0 Å². The molecule has 0 atom stereocenters. The predicted molar refractivity (Wildman–Crippen MR) is 121 cm³/mol. The van der Waals surface area contributed by atoms with Crippen molar-refractivity contribution in [2.24, 2.45) is 0 Å². The summed E-state index contributed by atoms with van der Waals surface area (Å²) in [6.07, 6.45) is 3.72. The normalized spacial score (nSPS) is 13.2. The number of hydrogen-bond acceptors (Lipinski definition) is 7. The Morgan fingerprint density at radius 3 is 1.26 bits per heavy atom. The molecule has 0 amide bonds. The van der Waals surface area contributed by atoms with Crippen LogP contribution in [0.15, 0.2) is 25.3 Å². The highest BCUT2D eigenvalue weighted by Gasteiger charge is 2.29. The first-order valence-electron chi connectivity index (χ1n) is 10.6. The SMILES string of the molecule is C=CC(=O)C(C)(C)OCCC(C)(C)OCOCOC(C)(C)CCOC(C)(C)C(=O)C=C. The van der Waals surface area contributed by atoms with E-state index < -0.39 is 22.4 Å². The van der Waals surface area contributed by atoms with E-state index in [-0.39, 0.29) is 25.2 Å². The Balaban J connectivity index is 4.14. The van der Waals surface area contributed by atoms with Crippen LogP contribution in [0.4, 0.5) is 0 Å². The van der Waals surface area contributed by atoms with Crippen molar-refractivity contribution in [3.63, 3.8) is 0 Å². The molecule has 0 aliphatic heterocycles. The van der Waals surface area contributed by atoms with Crippen molar-refractivity contribution in [3.05, 3.63) is 25.3 Å². The van der Waals surface area contributed by atoms with Gasteiger partial charge in [0.05, 0.1) is 24.4 Å². The third kappa shape index (κ3) is 12.3. The molecule has 0 aromatic rings. The van der Waals surface area contributed by atoms with Crippen molar-refractivity contribution in [2.75, 3.05) is 26.8 Å². The zero-order chi connectivity index (χ0) is 24.3. The summed E-state index contributed by atoms with van der Waals surface area (Å²) in [6, 6.07) is 0. The highest BCUT2D eigenvalue weighted by Crippen LogP contribution is 2.20. The Hall–Kier alpha value is -1.38. The molecule has 0 N–H and O–H groups in total. The van der Waals surface area contributed by atoms with Gasteiger partial charge in [0.15, 0.2) is 11.6 Å². The van der Waals surface area contributed by atoms with Crippen LogP contribution in [0.3, 0.4) is 0 Å². The lowest BCUT2D eigenvalue weighted by Gasteiger charge is -2.29. The quantitative estimate of drug-likeness (QED) is 0.177. The molecular weight excluding hydrogens is 400 g/mol. The van der Waals surface area contributed by atoms with Gasteiger partial charge in [0.2, 0.25) is 0 Å². The molecule has 180 valence electrons. The highest BCUT2D eigenvalue weighted by atomic mass is 16.7. The monoisotopic (exact) mass is 442 g/mol. The maximum Gasteiger partial charge on any atom is 0.186 e. The van der Waals surface area contributed by atoms with Crippen molar-refractivity contribution >= 4 is 11.6 Å². The van der Waals surface area contributed by atoms with E-state index >= 15 is 0 Å². The largest absolute Gasteiger partial charge is 0.367 e. The highest BCUT2D eigenvalue weighted by molar-refractivity contribution is 5.96. The van der Waals surface area contributed by atoms with E-state index in [2.05, 4.69) is 13.2 Å². The summed E-state index contributed by atoms with van der Waals surface area (Å²) in [5, 5.41) is 0. The van der Waals surface area contributed by atoms with Gasteiger partial charge in [-0.1, -0.05) is 13.2 Å². The van der Waals surface area contributed by atoms with Crippen molar-refractivity contribution in [3.8, 4) is 0 Å². The van der Waals surface area contributed by atoms with Crippen LogP contribution in [0.25, 0.3) is 0 Å². The van der Waals surface area contributed by atoms with Crippen LogP contribution >= 0.6 is 0 Å². The molecule has 0 aliphatic carbocycles. The van der Waals surface area contributed by atoms with E-state index in [0.717, 1.165) is 0 Å². The van der Waals surface area contributed by atoms with Gasteiger partial charge < -0.3 is 23.7 Å². The van der Waals surface area contributed by atoms with E-state index in [1.54, 1.807) is 27.7 Å². The zero-order valence-corrected chi connectivity index (χ0v) is 20.7. The summed E-state index contributed by atoms with van der Waals surface area (Å²) >= 11 is 0. The molecule has 0 aromatic heterocycles. The number of carbonyl (C=O) groups excluding carboxylic acids is 2. The standard InChI is InChI=1S/C24H42O7/c1-11-19(25)23(7,8)28-15-13-21(3,4)30-17-27-18-31-22(5,6)14-16-29-24(9,10)20(26)12-2/h11-12H,1-2,13-18H2,3-10H3. The van der Waals surface area contributed by atoms with Gasteiger partial charge in [-0.25, -0.2) is 0 Å². The molecule has 0 unspecified atom stereocenters. The minimum absolute atomic E-state index is 0.0649. The molecule has 0 saturated heterocycles. The molecule has 0 heterocycles. The molecule has 7 heteroatoms. The maximum atomic E-state index is 11.7. The van der Waals surface area contributed by atoms with E-state index in [0.29, 0.717) is 26.1 Å². The van der Waals surface area contributed by atoms with Gasteiger partial charge in [0.25, 0.3) is 0 Å². The lowest BCUT2D eigenvalue weighted by molar-refractivity contribution is -0.205. The third-order valence-electron chi connectivity index (χ3n) is 4.96. The summed E-state index contributed by atoms with van der Waals surface area (Å²) in [5.41, 5.74) is -2.77. The summed E-state index contributed by atoms with van der Waals surface area (Å²) in [6.45, 7) is 22.4. The van der Waals surface area contributed by atoms with Gasteiger partial charge in [0.1, 0.15) is 24.8 Å². The van der Waals surface area contributed by atoms with Crippen LogP contribution < -0.4 is 0 Å². The summed E-state index contributed by atoms with van der Waals surface area (Å²) in [7, 11) is 0. The summed E-state index contributed by atoms with van der Waals surface area (Å²) in [5.74, 6) is -0.314. The second-order valence-corrected chi connectivity index (χ2v) is 9.60. The van der Waals surface area contributed by atoms with Crippen LogP contribution in [0, 0.1) is 0 Å². The Bertz CT molecular complexity index is 551. The molecule has 0 bridgehead atoms. The van der Waals surface area contributed by atoms with Gasteiger partial charge >= 0.3 is 0 Å². The summed E-state index contributed by atoms with van der Waals surface area (Å²) < 4.78 is 28.3. The van der Waals surface area contributed by atoms with Crippen molar-refractivity contribution < 1.29 is 33.3 Å².